The van der Waals surface area contributed by atoms with Gasteiger partial charge >= 0.3 is 6.36 Å². The van der Waals surface area contributed by atoms with E-state index in [9.17, 15) is 13.2 Å². The molecule has 1 unspecified atom stereocenters. The monoisotopic (exact) mass is 382 g/mol. The molecule has 116 valence electrons. The molecule has 1 atom stereocenters. The van der Waals surface area contributed by atoms with E-state index in [0.29, 0.717) is 16.9 Å². The molecule has 0 saturated heterocycles. The van der Waals surface area contributed by atoms with Gasteiger partial charge in [-0.05, 0) is 40.0 Å². The van der Waals surface area contributed by atoms with Crippen LogP contribution >= 0.6 is 27.7 Å². The summed E-state index contributed by atoms with van der Waals surface area (Å²) in [4.78, 5) is 4.39. The molecule has 2 rings (SSSR count). The Morgan fingerprint density at radius 2 is 2.14 bits per heavy atom. The molecule has 0 radical (unpaired) electrons. The first-order valence-corrected chi connectivity index (χ1v) is 7.95. The van der Waals surface area contributed by atoms with E-state index in [1.54, 1.807) is 11.8 Å². The smallest absolute Gasteiger partial charge is 0.405 e. The number of ether oxygens (including phenoxy) is 1. The van der Waals surface area contributed by atoms with Crippen molar-refractivity contribution in [3.8, 4) is 5.75 Å². The molecule has 1 aliphatic rings. The van der Waals surface area contributed by atoms with Crippen molar-refractivity contribution in [2.45, 2.75) is 25.5 Å². The van der Waals surface area contributed by atoms with Gasteiger partial charge in [-0.1, -0.05) is 25.6 Å². The lowest BCUT2D eigenvalue weighted by molar-refractivity contribution is -0.274. The van der Waals surface area contributed by atoms with Gasteiger partial charge in [-0.3, -0.25) is 4.99 Å². The lowest BCUT2D eigenvalue weighted by atomic mass is 10.1. The molecule has 0 spiro atoms. The van der Waals surface area contributed by atoms with Crippen LogP contribution in [-0.2, 0) is 0 Å². The second-order valence-corrected chi connectivity index (χ2v) is 6.95. The number of alkyl halides is 3. The number of hydrogen-bond donors (Lipinski definition) is 1. The highest BCUT2D eigenvalue weighted by molar-refractivity contribution is 9.10. The van der Waals surface area contributed by atoms with E-state index >= 15 is 0 Å². The van der Waals surface area contributed by atoms with Crippen LogP contribution < -0.4 is 10.1 Å². The summed E-state index contributed by atoms with van der Waals surface area (Å²) in [5.74, 6) is 0.251. The van der Waals surface area contributed by atoms with E-state index in [1.165, 1.54) is 18.2 Å². The van der Waals surface area contributed by atoms with Gasteiger partial charge < -0.3 is 10.1 Å². The molecule has 0 aliphatic carbocycles. The van der Waals surface area contributed by atoms with E-state index in [2.05, 4.69) is 44.8 Å². The second kappa shape index (κ2) is 6.48. The Morgan fingerprint density at radius 3 is 2.67 bits per heavy atom. The zero-order valence-electron chi connectivity index (χ0n) is 11.4. The molecule has 8 heteroatoms. The number of halogens is 4. The first-order chi connectivity index (χ1) is 9.74. The van der Waals surface area contributed by atoms with Crippen molar-refractivity contribution in [1.82, 2.24) is 0 Å². The topological polar surface area (TPSA) is 33.6 Å². The van der Waals surface area contributed by atoms with E-state index < -0.39 is 6.36 Å². The van der Waals surface area contributed by atoms with Gasteiger partial charge in [0.15, 0.2) is 5.17 Å². The van der Waals surface area contributed by atoms with Crippen molar-refractivity contribution in [1.29, 1.82) is 0 Å². The molecule has 0 aromatic heterocycles. The summed E-state index contributed by atoms with van der Waals surface area (Å²) in [7, 11) is 0. The van der Waals surface area contributed by atoms with Crippen LogP contribution in [0.25, 0.3) is 0 Å². The van der Waals surface area contributed by atoms with Crippen molar-refractivity contribution in [2.24, 2.45) is 10.9 Å². The van der Waals surface area contributed by atoms with Gasteiger partial charge in [-0.2, -0.15) is 0 Å². The first-order valence-electron chi connectivity index (χ1n) is 6.28. The van der Waals surface area contributed by atoms with Crippen molar-refractivity contribution in [2.75, 3.05) is 11.9 Å². The summed E-state index contributed by atoms with van der Waals surface area (Å²) in [5, 5.41) is 4.32. The quantitative estimate of drug-likeness (QED) is 0.807. The molecular formula is C13H14BrF3N2OS. The third kappa shape index (κ3) is 4.81. The van der Waals surface area contributed by atoms with Crippen LogP contribution in [-0.4, -0.2) is 23.3 Å². The minimum atomic E-state index is -4.70. The highest BCUT2D eigenvalue weighted by atomic mass is 79.9. The third-order valence-corrected chi connectivity index (χ3v) is 4.90. The molecular weight excluding hydrogens is 369 g/mol. The summed E-state index contributed by atoms with van der Waals surface area (Å²) in [6.45, 7) is 5.02. The first kappa shape index (κ1) is 16.5. The summed E-state index contributed by atoms with van der Waals surface area (Å²) >= 11 is 4.72. The molecule has 1 heterocycles. The van der Waals surface area contributed by atoms with Gasteiger partial charge in [-0.15, -0.1) is 13.2 Å². The number of aliphatic imine (C=N–C) groups is 1. The average Bonchev–Trinajstić information content (AvgIpc) is 2.80. The van der Waals surface area contributed by atoms with Gasteiger partial charge in [0.05, 0.1) is 11.0 Å². The maximum absolute atomic E-state index is 12.2. The molecule has 0 bridgehead atoms. The van der Waals surface area contributed by atoms with Crippen molar-refractivity contribution < 1.29 is 17.9 Å². The Balaban J connectivity index is 2.01. The number of amidine groups is 1. The molecule has 0 amide bonds. The van der Waals surface area contributed by atoms with Crippen LogP contribution in [0.5, 0.6) is 5.75 Å². The fourth-order valence-electron chi connectivity index (χ4n) is 1.72. The van der Waals surface area contributed by atoms with Gasteiger partial charge in [0.25, 0.3) is 0 Å². The summed E-state index contributed by atoms with van der Waals surface area (Å²) < 4.78 is 40.7. The second-order valence-electron chi connectivity index (χ2n) is 4.86. The predicted octanol–water partition coefficient (Wildman–Crippen LogP) is 4.89. The number of thioether (sulfide) groups is 1. The van der Waals surface area contributed by atoms with E-state index in [-0.39, 0.29) is 10.2 Å². The Hall–Kier alpha value is -0.890. The minimum absolute atomic E-state index is 0.230. The van der Waals surface area contributed by atoms with Crippen molar-refractivity contribution in [3.63, 3.8) is 0 Å². The molecule has 1 aromatic carbocycles. The maximum atomic E-state index is 12.2. The normalized spacial score (nSPS) is 18.8. The number of hydrogen-bond acceptors (Lipinski definition) is 4. The number of rotatable bonds is 3. The van der Waals surface area contributed by atoms with Gasteiger partial charge in [0, 0.05) is 10.9 Å². The Labute approximate surface area is 133 Å². The number of anilines is 1. The van der Waals surface area contributed by atoms with E-state index in [0.717, 1.165) is 11.7 Å². The fourth-order valence-corrected chi connectivity index (χ4v) is 3.21. The standard InChI is InChI=1S/C13H14BrF3N2OS/c1-7(2)11-6-18-12(21-11)19-8-3-4-10(9(14)5-8)20-13(15,16)17/h3-5,7,11H,6H2,1-2H3,(H,18,19). The van der Waals surface area contributed by atoms with Gasteiger partial charge in [0.2, 0.25) is 0 Å². The highest BCUT2D eigenvalue weighted by Crippen LogP contribution is 2.33. The van der Waals surface area contributed by atoms with Crippen LogP contribution in [0, 0.1) is 5.92 Å². The lowest BCUT2D eigenvalue weighted by Gasteiger charge is -2.13. The van der Waals surface area contributed by atoms with Crippen LogP contribution in [0.3, 0.4) is 0 Å². The molecule has 3 nitrogen and oxygen atoms in total. The average molecular weight is 383 g/mol. The molecule has 1 N–H and O–H groups in total. The van der Waals surface area contributed by atoms with E-state index in [1.807, 2.05) is 0 Å². The number of nitrogens with zero attached hydrogens (tertiary/aromatic N) is 1. The Bertz CT molecular complexity index is 549. The molecule has 1 aromatic rings. The van der Waals surface area contributed by atoms with E-state index in [4.69, 9.17) is 0 Å². The molecule has 0 fully saturated rings. The Morgan fingerprint density at radius 1 is 1.43 bits per heavy atom. The molecule has 0 saturated carbocycles. The van der Waals surface area contributed by atoms with Gasteiger partial charge in [-0.25, -0.2) is 0 Å². The fraction of sp³-hybridized carbons (Fsp3) is 0.462. The summed E-state index contributed by atoms with van der Waals surface area (Å²) in [6.07, 6.45) is -4.70. The summed E-state index contributed by atoms with van der Waals surface area (Å²) in [5.41, 5.74) is 0.659. The lowest BCUT2D eigenvalue weighted by Crippen LogP contribution is -2.17. The minimum Gasteiger partial charge on any atom is -0.405 e. The Kier molecular flexibility index (Phi) is 5.08. The zero-order chi connectivity index (χ0) is 15.6. The predicted molar refractivity (Wildman–Crippen MR) is 83.0 cm³/mol. The number of benzene rings is 1. The number of nitrogens with one attached hydrogen (secondary N) is 1. The molecule has 21 heavy (non-hydrogen) atoms. The van der Waals surface area contributed by atoms with Crippen molar-refractivity contribution in [3.05, 3.63) is 22.7 Å². The highest BCUT2D eigenvalue weighted by Gasteiger charge is 2.32. The maximum Gasteiger partial charge on any atom is 0.573 e. The van der Waals surface area contributed by atoms with Crippen LogP contribution in [0.4, 0.5) is 18.9 Å². The van der Waals surface area contributed by atoms with Crippen molar-refractivity contribution >= 4 is 38.5 Å². The van der Waals surface area contributed by atoms with Crippen LogP contribution in [0.15, 0.2) is 27.7 Å². The van der Waals surface area contributed by atoms with Crippen LogP contribution in [0.1, 0.15) is 13.8 Å². The zero-order valence-corrected chi connectivity index (χ0v) is 13.8. The third-order valence-electron chi connectivity index (χ3n) is 2.83. The van der Waals surface area contributed by atoms with Crippen LogP contribution in [0.2, 0.25) is 0 Å². The summed E-state index contributed by atoms with van der Waals surface area (Å²) in [6, 6.07) is 4.32. The molecule has 1 aliphatic heterocycles. The van der Waals surface area contributed by atoms with Gasteiger partial charge in [0.1, 0.15) is 5.75 Å². The largest absolute Gasteiger partial charge is 0.573 e. The SMILES string of the molecule is CC(C)C1CN=C(Nc2ccc(OC(F)(F)F)c(Br)c2)S1.